The van der Waals surface area contributed by atoms with Gasteiger partial charge >= 0.3 is 24.4 Å². The van der Waals surface area contributed by atoms with Gasteiger partial charge in [-0.3, -0.25) is 0 Å². The van der Waals surface area contributed by atoms with Crippen molar-refractivity contribution in [2.24, 2.45) is 10.8 Å². The summed E-state index contributed by atoms with van der Waals surface area (Å²) in [4.78, 5) is 54.2. The topological polar surface area (TPSA) is 211 Å². The van der Waals surface area contributed by atoms with E-state index in [0.29, 0.717) is 32.5 Å². The molecule has 5 aromatic carbocycles. The standard InChI is InChI=1S/C18H25N5O4.C18H27N3O4.C18H15P/c1-18(2,3)27-17(25)23-10-9-14(15(11-23)21-22-19)20-16(24)26-12-13-7-5-4-6-8-13;1-18(2,3)25-17(23)21-10-9-15(14(19)11-21)20-16(22)24-12-13-7-5-4-6-8-13;1-4-10-16(11-5-1)19(17-12-6-2-7-13-17)18-14-8-3-9-15-18/h4-8,14-15H,9-12H2,1-3H3,(H,20,24);4-8,14-15H,9-12,19H2,1-3H3,(H,20,22);1-15H/t2*14-,15+;/m10./s1. The zero-order valence-electron chi connectivity index (χ0n) is 41.4. The third kappa shape index (κ3) is 19.3. The average molecular weight is 987 g/mol. The maximum absolute atomic E-state index is 12.2. The van der Waals surface area contributed by atoms with Crippen LogP contribution in [0.3, 0.4) is 0 Å². The number of carbonyl (C=O) groups is 4. The van der Waals surface area contributed by atoms with E-state index >= 15 is 0 Å². The van der Waals surface area contributed by atoms with Gasteiger partial charge in [0.25, 0.3) is 0 Å². The van der Waals surface area contributed by atoms with Crippen molar-refractivity contribution in [2.45, 2.75) is 103 Å². The molecule has 16 nitrogen and oxygen atoms in total. The van der Waals surface area contributed by atoms with Crippen molar-refractivity contribution in [3.63, 3.8) is 0 Å². The van der Waals surface area contributed by atoms with Crippen molar-refractivity contribution < 1.29 is 38.1 Å². The number of piperidine rings is 2. The molecular formula is C54H67N8O8P. The van der Waals surface area contributed by atoms with Crippen molar-refractivity contribution in [2.75, 3.05) is 26.2 Å². The average Bonchev–Trinajstić information content (AvgIpc) is 3.35. The first kappa shape index (κ1) is 54.8. The summed E-state index contributed by atoms with van der Waals surface area (Å²) in [6.07, 6.45) is -0.953. The molecule has 2 saturated heterocycles. The number of likely N-dealkylation sites (tertiary alicyclic amines) is 2. The minimum atomic E-state index is -0.610. The van der Waals surface area contributed by atoms with Gasteiger partial charge in [-0.1, -0.05) is 157 Å². The number of nitrogens with one attached hydrogen (secondary N) is 2. The van der Waals surface area contributed by atoms with Gasteiger partial charge in [-0.2, -0.15) is 0 Å². The monoisotopic (exact) mass is 986 g/mol. The van der Waals surface area contributed by atoms with Crippen LogP contribution in [-0.4, -0.2) is 95.7 Å². The first-order valence-corrected chi connectivity index (χ1v) is 25.0. The van der Waals surface area contributed by atoms with Crippen molar-refractivity contribution in [1.29, 1.82) is 0 Å². The summed E-state index contributed by atoms with van der Waals surface area (Å²) < 4.78 is 21.1. The van der Waals surface area contributed by atoms with Crippen LogP contribution >= 0.6 is 7.92 Å². The number of amides is 4. The Morgan fingerprint density at radius 2 is 0.944 bits per heavy atom. The first-order chi connectivity index (χ1) is 34.0. The Morgan fingerprint density at radius 3 is 1.31 bits per heavy atom. The highest BCUT2D eigenvalue weighted by Crippen LogP contribution is 2.32. The lowest BCUT2D eigenvalue weighted by molar-refractivity contribution is 0.0167. The number of nitrogens with zero attached hydrogens (tertiary/aromatic N) is 5. The second-order valence-corrected chi connectivity index (χ2v) is 21.1. The number of rotatable bonds is 10. The molecule has 0 aromatic heterocycles. The number of ether oxygens (including phenoxy) is 4. The molecule has 5 aromatic rings. The molecule has 0 radical (unpaired) electrons. The molecule has 4 atom stereocenters. The molecule has 0 saturated carbocycles. The molecule has 0 spiro atoms. The Morgan fingerprint density at radius 1 is 0.592 bits per heavy atom. The van der Waals surface area contributed by atoms with Crippen LogP contribution in [0.4, 0.5) is 19.2 Å². The Balaban J connectivity index is 0.000000201. The molecule has 0 aliphatic carbocycles. The van der Waals surface area contributed by atoms with Gasteiger partial charge in [-0.15, -0.1) is 0 Å². The van der Waals surface area contributed by atoms with Crippen LogP contribution in [0.15, 0.2) is 157 Å². The predicted molar refractivity (Wildman–Crippen MR) is 278 cm³/mol. The Kier molecular flexibility index (Phi) is 21.1. The number of alkyl carbamates (subject to hydrolysis) is 2. The highest BCUT2D eigenvalue weighted by atomic mass is 31.1. The fourth-order valence-electron chi connectivity index (χ4n) is 7.44. The zero-order chi connectivity index (χ0) is 51.2. The van der Waals surface area contributed by atoms with Crippen molar-refractivity contribution in [3.8, 4) is 0 Å². The summed E-state index contributed by atoms with van der Waals surface area (Å²) in [5.41, 5.74) is 15.6. The van der Waals surface area contributed by atoms with Crippen molar-refractivity contribution in [3.05, 3.63) is 173 Å². The van der Waals surface area contributed by atoms with Gasteiger partial charge in [0, 0.05) is 43.2 Å². The van der Waals surface area contributed by atoms with E-state index < -0.39 is 49.5 Å². The number of hydrogen-bond donors (Lipinski definition) is 3. The van der Waals surface area contributed by atoms with E-state index in [4.69, 9.17) is 30.2 Å². The summed E-state index contributed by atoms with van der Waals surface area (Å²) in [5.74, 6) is 0. The fourth-order valence-corrected chi connectivity index (χ4v) is 9.75. The summed E-state index contributed by atoms with van der Waals surface area (Å²) in [7, 11) is -0.446. The molecule has 0 unspecified atom stereocenters. The highest BCUT2D eigenvalue weighted by molar-refractivity contribution is 7.79. The molecule has 2 heterocycles. The van der Waals surface area contributed by atoms with Gasteiger partial charge in [-0.25, -0.2) is 19.2 Å². The Bertz CT molecular complexity index is 2360. The lowest BCUT2D eigenvalue weighted by atomic mass is 10.0. The second-order valence-electron chi connectivity index (χ2n) is 18.8. The molecule has 2 fully saturated rings. The van der Waals surface area contributed by atoms with Gasteiger partial charge in [-0.05, 0) is 94.9 Å². The molecular weight excluding hydrogens is 920 g/mol. The van der Waals surface area contributed by atoms with E-state index in [1.54, 1.807) is 25.7 Å². The number of carbonyl (C=O) groups excluding carboxylic acids is 4. The van der Waals surface area contributed by atoms with Crippen molar-refractivity contribution in [1.82, 2.24) is 20.4 Å². The summed E-state index contributed by atoms with van der Waals surface area (Å²) in [6, 6.07) is 49.5. The molecule has 0 bridgehead atoms. The fraction of sp³-hybridized carbons (Fsp3) is 0.370. The van der Waals surface area contributed by atoms with Crippen LogP contribution in [-0.2, 0) is 32.2 Å². The highest BCUT2D eigenvalue weighted by Gasteiger charge is 2.35. The number of azide groups is 1. The zero-order valence-corrected chi connectivity index (χ0v) is 42.3. The number of benzene rings is 5. The molecule has 4 amide bonds. The molecule has 4 N–H and O–H groups in total. The van der Waals surface area contributed by atoms with Crippen LogP contribution in [0, 0.1) is 0 Å². The van der Waals surface area contributed by atoms with Gasteiger partial charge in [0.15, 0.2) is 0 Å². The van der Waals surface area contributed by atoms with E-state index in [0.717, 1.165) is 11.1 Å². The van der Waals surface area contributed by atoms with Crippen LogP contribution in [0.5, 0.6) is 0 Å². The maximum Gasteiger partial charge on any atom is 0.410 e. The van der Waals surface area contributed by atoms with E-state index in [-0.39, 0.29) is 37.9 Å². The third-order valence-electron chi connectivity index (χ3n) is 10.8. The van der Waals surface area contributed by atoms with E-state index in [1.807, 2.05) is 81.4 Å². The summed E-state index contributed by atoms with van der Waals surface area (Å²) in [6.45, 7) is 12.5. The van der Waals surface area contributed by atoms with E-state index in [2.05, 4.69) is 112 Å². The quantitative estimate of drug-likeness (QED) is 0.0400. The second kappa shape index (κ2) is 27.3. The van der Waals surface area contributed by atoms with Crippen LogP contribution in [0.25, 0.3) is 10.4 Å². The predicted octanol–water partition coefficient (Wildman–Crippen LogP) is 9.30. The smallest absolute Gasteiger partial charge is 0.410 e. The van der Waals surface area contributed by atoms with Gasteiger partial charge < -0.3 is 45.1 Å². The SMILES string of the molecule is CC(C)(C)OC(=O)N1CC[C@@H](NC(=O)OCc2ccccc2)[C@@H](N)C1.CC(C)(C)OC(=O)N1CC[C@@H](NC(=O)OCc2ccccc2)[C@@H](N=[N+]=[N-])C1.c1ccc(P(c2ccccc2)c2ccccc2)cc1. The molecule has 2 aliphatic rings. The number of hydrogen-bond acceptors (Lipinski definition) is 10. The van der Waals surface area contributed by atoms with Crippen molar-refractivity contribution >= 4 is 48.2 Å². The van der Waals surface area contributed by atoms with Crippen LogP contribution in [0.1, 0.15) is 65.5 Å². The van der Waals surface area contributed by atoms with E-state index in [1.165, 1.54) is 20.8 Å². The largest absolute Gasteiger partial charge is 0.445 e. The normalized spacial score (nSPS) is 17.6. The molecule has 7 rings (SSSR count). The maximum atomic E-state index is 12.2. The lowest BCUT2D eigenvalue weighted by Crippen LogP contribution is -2.59. The first-order valence-electron chi connectivity index (χ1n) is 23.6. The molecule has 376 valence electrons. The third-order valence-corrected chi connectivity index (χ3v) is 13.3. The van der Waals surface area contributed by atoms with Crippen LogP contribution < -0.4 is 32.3 Å². The summed E-state index contributed by atoms with van der Waals surface area (Å²) in [5, 5.41) is 13.4. The Hall–Kier alpha value is -7.12. The molecule has 2 aliphatic heterocycles. The van der Waals surface area contributed by atoms with Gasteiger partial charge in [0.05, 0.1) is 12.1 Å². The molecule has 17 heteroatoms. The minimum Gasteiger partial charge on any atom is -0.445 e. The van der Waals surface area contributed by atoms with Gasteiger partial charge in [0.2, 0.25) is 0 Å². The lowest BCUT2D eigenvalue weighted by Gasteiger charge is -2.37. The van der Waals surface area contributed by atoms with Crippen LogP contribution in [0.2, 0.25) is 0 Å². The molecule has 71 heavy (non-hydrogen) atoms. The minimum absolute atomic E-state index is 0.148. The van der Waals surface area contributed by atoms with Gasteiger partial charge in [0.1, 0.15) is 24.4 Å². The van der Waals surface area contributed by atoms with E-state index in [9.17, 15) is 19.2 Å². The number of nitrogens with two attached hydrogens (primary N) is 1. The summed E-state index contributed by atoms with van der Waals surface area (Å²) >= 11 is 0. The Labute approximate surface area is 418 Å².